The number of hydrogen-bond donors (Lipinski definition) is 1. The van der Waals surface area contributed by atoms with Crippen molar-refractivity contribution in [2.45, 2.75) is 31.8 Å². The number of amides is 1. The molecule has 1 atom stereocenters. The number of nitrogens with zero attached hydrogens (tertiary/aromatic N) is 3. The van der Waals surface area contributed by atoms with E-state index in [0.717, 1.165) is 37.9 Å². The van der Waals surface area contributed by atoms with Crippen LogP contribution >= 0.6 is 0 Å². The van der Waals surface area contributed by atoms with Gasteiger partial charge in [0.15, 0.2) is 11.5 Å². The monoisotopic (exact) mass is 354 g/mol. The van der Waals surface area contributed by atoms with Crippen LogP contribution in [-0.2, 0) is 6.54 Å². The first-order chi connectivity index (χ1) is 12.8. The van der Waals surface area contributed by atoms with Crippen molar-refractivity contribution in [3.05, 3.63) is 48.0 Å². The van der Waals surface area contributed by atoms with E-state index < -0.39 is 0 Å². The summed E-state index contributed by atoms with van der Waals surface area (Å²) in [5, 5.41) is 3.41. The first-order valence-electron chi connectivity index (χ1n) is 8.96. The zero-order chi connectivity index (χ0) is 17.8. The molecule has 0 bridgehead atoms. The van der Waals surface area contributed by atoms with Gasteiger partial charge >= 0.3 is 0 Å². The Morgan fingerprint density at radius 2 is 2.00 bits per heavy atom. The van der Waals surface area contributed by atoms with Gasteiger partial charge in [0.2, 0.25) is 6.79 Å². The maximum absolute atomic E-state index is 13.3. The lowest BCUT2D eigenvalue weighted by Crippen LogP contribution is -2.40. The Morgan fingerprint density at radius 3 is 2.88 bits per heavy atom. The molecule has 1 fully saturated rings. The SMILES string of the molecule is O=C(c1ccc2c(c1)OCO2)N(Cc1cncnc1)[C@H]1CCCNCC1. The van der Waals surface area contributed by atoms with E-state index in [2.05, 4.69) is 15.3 Å². The van der Waals surface area contributed by atoms with Gasteiger partial charge in [-0.05, 0) is 50.6 Å². The Labute approximate surface area is 152 Å². The quantitative estimate of drug-likeness (QED) is 0.905. The lowest BCUT2D eigenvalue weighted by Gasteiger charge is -2.31. The highest BCUT2D eigenvalue weighted by atomic mass is 16.7. The van der Waals surface area contributed by atoms with Crippen LogP contribution in [0.2, 0.25) is 0 Å². The van der Waals surface area contributed by atoms with Gasteiger partial charge in [-0.3, -0.25) is 4.79 Å². The summed E-state index contributed by atoms with van der Waals surface area (Å²) < 4.78 is 10.8. The number of carbonyl (C=O) groups is 1. The second kappa shape index (κ2) is 7.70. The second-order valence-corrected chi connectivity index (χ2v) is 6.58. The maximum Gasteiger partial charge on any atom is 0.254 e. The van der Waals surface area contributed by atoms with Crippen LogP contribution in [0.15, 0.2) is 36.9 Å². The fourth-order valence-electron chi connectivity index (χ4n) is 3.48. The molecule has 0 saturated carbocycles. The summed E-state index contributed by atoms with van der Waals surface area (Å²) in [5.41, 5.74) is 1.54. The number of carbonyl (C=O) groups excluding carboxylic acids is 1. The first-order valence-corrected chi connectivity index (χ1v) is 8.96. The van der Waals surface area contributed by atoms with Crippen molar-refractivity contribution in [1.82, 2.24) is 20.2 Å². The van der Waals surface area contributed by atoms with Crippen LogP contribution in [0.1, 0.15) is 35.2 Å². The van der Waals surface area contributed by atoms with Gasteiger partial charge in [-0.2, -0.15) is 0 Å². The van der Waals surface area contributed by atoms with Crippen LogP contribution < -0.4 is 14.8 Å². The van der Waals surface area contributed by atoms with Crippen molar-refractivity contribution in [3.63, 3.8) is 0 Å². The van der Waals surface area contributed by atoms with Crippen LogP contribution in [-0.4, -0.2) is 46.7 Å². The highest BCUT2D eigenvalue weighted by Gasteiger charge is 2.27. The zero-order valence-corrected chi connectivity index (χ0v) is 14.6. The van der Waals surface area contributed by atoms with Gasteiger partial charge in [0.05, 0.1) is 0 Å². The lowest BCUT2D eigenvalue weighted by molar-refractivity contribution is 0.0644. The predicted octanol–water partition coefficient (Wildman–Crippen LogP) is 1.99. The molecule has 7 heteroatoms. The zero-order valence-electron chi connectivity index (χ0n) is 14.6. The van der Waals surface area contributed by atoms with E-state index in [9.17, 15) is 4.79 Å². The third-order valence-electron chi connectivity index (χ3n) is 4.83. The van der Waals surface area contributed by atoms with Crippen LogP contribution in [0.3, 0.4) is 0 Å². The fourth-order valence-corrected chi connectivity index (χ4v) is 3.48. The highest BCUT2D eigenvalue weighted by Crippen LogP contribution is 2.33. The molecule has 0 radical (unpaired) electrons. The molecule has 136 valence electrons. The van der Waals surface area contributed by atoms with Gasteiger partial charge in [-0.15, -0.1) is 0 Å². The van der Waals surface area contributed by atoms with E-state index in [-0.39, 0.29) is 18.7 Å². The van der Waals surface area contributed by atoms with E-state index in [1.165, 1.54) is 6.33 Å². The minimum absolute atomic E-state index is 0.000877. The lowest BCUT2D eigenvalue weighted by atomic mass is 10.0. The van der Waals surface area contributed by atoms with Gasteiger partial charge in [0.1, 0.15) is 6.33 Å². The molecule has 1 N–H and O–H groups in total. The molecule has 1 amide bonds. The van der Waals surface area contributed by atoms with Crippen molar-refractivity contribution in [1.29, 1.82) is 0 Å². The molecule has 0 spiro atoms. The van der Waals surface area contributed by atoms with Crippen molar-refractivity contribution < 1.29 is 14.3 Å². The second-order valence-electron chi connectivity index (χ2n) is 6.58. The summed E-state index contributed by atoms with van der Waals surface area (Å²) in [4.78, 5) is 23.4. The van der Waals surface area contributed by atoms with Crippen molar-refractivity contribution >= 4 is 5.91 Å². The normalized spacial score (nSPS) is 19.0. The predicted molar refractivity (Wildman–Crippen MR) is 95.0 cm³/mol. The Kier molecular flexibility index (Phi) is 4.97. The number of aromatic nitrogens is 2. The van der Waals surface area contributed by atoms with Gasteiger partial charge in [0.25, 0.3) is 5.91 Å². The molecule has 7 nitrogen and oxygen atoms in total. The summed E-state index contributed by atoms with van der Waals surface area (Å²) in [5.74, 6) is 1.31. The largest absolute Gasteiger partial charge is 0.454 e. The van der Waals surface area contributed by atoms with E-state index in [1.807, 2.05) is 4.90 Å². The average Bonchev–Trinajstić information content (AvgIpc) is 2.99. The first kappa shape index (κ1) is 16.8. The third kappa shape index (κ3) is 3.62. The van der Waals surface area contributed by atoms with E-state index in [1.54, 1.807) is 30.6 Å². The van der Waals surface area contributed by atoms with Gasteiger partial charge in [-0.25, -0.2) is 9.97 Å². The standard InChI is InChI=1S/C19H22N4O3/c24-19(15-3-4-17-18(8-15)26-13-25-17)23(11-14-9-21-12-22-10-14)16-2-1-6-20-7-5-16/h3-4,8-10,12,16,20H,1-2,5-7,11,13H2/t16-/m0/s1. The summed E-state index contributed by atoms with van der Waals surface area (Å²) in [6.07, 6.45) is 8.01. The highest BCUT2D eigenvalue weighted by molar-refractivity contribution is 5.95. The summed E-state index contributed by atoms with van der Waals surface area (Å²) >= 11 is 0. The molecule has 0 unspecified atom stereocenters. The van der Waals surface area contributed by atoms with Gasteiger partial charge < -0.3 is 19.7 Å². The van der Waals surface area contributed by atoms with Crippen LogP contribution in [0.4, 0.5) is 0 Å². The fraction of sp³-hybridized carbons (Fsp3) is 0.421. The Morgan fingerprint density at radius 1 is 1.15 bits per heavy atom. The molecular weight excluding hydrogens is 332 g/mol. The number of ether oxygens (including phenoxy) is 2. The number of hydrogen-bond acceptors (Lipinski definition) is 6. The molecule has 2 aromatic rings. The third-order valence-corrected chi connectivity index (χ3v) is 4.83. The van der Waals surface area contributed by atoms with Crippen molar-refractivity contribution in [3.8, 4) is 11.5 Å². The van der Waals surface area contributed by atoms with Crippen molar-refractivity contribution in [2.24, 2.45) is 0 Å². The van der Waals surface area contributed by atoms with Gasteiger partial charge in [-0.1, -0.05) is 0 Å². The Hall–Kier alpha value is -2.67. The molecule has 1 saturated heterocycles. The molecule has 2 aliphatic rings. The summed E-state index contributed by atoms with van der Waals surface area (Å²) in [7, 11) is 0. The number of nitrogens with one attached hydrogen (secondary N) is 1. The van der Waals surface area contributed by atoms with Crippen LogP contribution in [0, 0.1) is 0 Å². The number of benzene rings is 1. The Balaban J connectivity index is 1.61. The molecule has 2 aliphatic heterocycles. The average molecular weight is 354 g/mol. The van der Waals surface area contributed by atoms with E-state index in [0.29, 0.717) is 23.6 Å². The minimum Gasteiger partial charge on any atom is -0.454 e. The van der Waals surface area contributed by atoms with Crippen molar-refractivity contribution in [2.75, 3.05) is 19.9 Å². The maximum atomic E-state index is 13.3. The summed E-state index contributed by atoms with van der Waals surface area (Å²) in [6, 6.07) is 5.56. The molecule has 4 rings (SSSR count). The van der Waals surface area contributed by atoms with E-state index in [4.69, 9.17) is 9.47 Å². The Bertz CT molecular complexity index is 761. The molecule has 1 aromatic carbocycles. The van der Waals surface area contributed by atoms with Crippen LogP contribution in [0.25, 0.3) is 0 Å². The molecule has 26 heavy (non-hydrogen) atoms. The van der Waals surface area contributed by atoms with Crippen LogP contribution in [0.5, 0.6) is 11.5 Å². The molecule has 0 aliphatic carbocycles. The topological polar surface area (TPSA) is 76.6 Å². The number of rotatable bonds is 4. The number of fused-ring (bicyclic) bond motifs is 1. The molecule has 3 heterocycles. The smallest absolute Gasteiger partial charge is 0.254 e. The van der Waals surface area contributed by atoms with Gasteiger partial charge in [0, 0.05) is 36.1 Å². The minimum atomic E-state index is -0.000877. The molecular formula is C19H22N4O3. The van der Waals surface area contributed by atoms with E-state index >= 15 is 0 Å². The summed E-state index contributed by atoms with van der Waals surface area (Å²) in [6.45, 7) is 2.61. The molecule has 1 aromatic heterocycles.